The zero-order valence-corrected chi connectivity index (χ0v) is 18.4. The minimum atomic E-state index is -0.742. The number of aliphatic hydroxyl groups is 1. The van der Waals surface area contributed by atoms with Crippen molar-refractivity contribution < 1.29 is 28.6 Å². The predicted molar refractivity (Wildman–Crippen MR) is 124 cm³/mol. The molecule has 11 heteroatoms. The number of hydrogen-bond acceptors (Lipinski definition) is 6. The fourth-order valence-corrected chi connectivity index (χ4v) is 3.51. The van der Waals surface area contributed by atoms with Gasteiger partial charge in [-0.2, -0.15) is 0 Å². The van der Waals surface area contributed by atoms with E-state index in [1.807, 2.05) is 0 Å². The van der Waals surface area contributed by atoms with Crippen LogP contribution in [-0.2, 0) is 19.1 Å². The molecule has 5 N–H and O–H groups in total. The van der Waals surface area contributed by atoms with E-state index in [-0.39, 0.29) is 49.8 Å². The molecule has 0 saturated carbocycles. The first-order valence-corrected chi connectivity index (χ1v) is 10.6. The number of nitrogen functional groups attached to an aromatic ring is 1. The Morgan fingerprint density at radius 2 is 2.03 bits per heavy atom. The highest BCUT2D eigenvalue weighted by molar-refractivity contribution is 6.00. The zero-order chi connectivity index (χ0) is 24.7. The molecule has 1 saturated heterocycles. The fraction of sp³-hybridized carbons (Fsp3) is 0.304. The highest BCUT2D eigenvalue weighted by Gasteiger charge is 2.22. The molecule has 1 heterocycles. The van der Waals surface area contributed by atoms with E-state index in [0.717, 1.165) is 6.07 Å². The van der Waals surface area contributed by atoms with Crippen molar-refractivity contribution in [2.75, 3.05) is 48.0 Å². The number of nitrogens with two attached hydrogens (primary N) is 1. The highest BCUT2D eigenvalue weighted by Crippen LogP contribution is 2.24. The highest BCUT2D eigenvalue weighted by atomic mass is 19.1. The number of ether oxygens (including phenoxy) is 1. The first kappa shape index (κ1) is 24.8. The molecule has 3 rings (SSSR count). The van der Waals surface area contributed by atoms with Gasteiger partial charge in [-0.15, -0.1) is 0 Å². The largest absolute Gasteiger partial charge is 0.395 e. The molecular formula is C23H26FN5O5. The molecule has 34 heavy (non-hydrogen) atoms. The second kappa shape index (κ2) is 11.3. The number of morpholine rings is 1. The summed E-state index contributed by atoms with van der Waals surface area (Å²) < 4.78 is 19.1. The van der Waals surface area contributed by atoms with Gasteiger partial charge in [0.15, 0.2) is 0 Å². The molecule has 1 fully saturated rings. The van der Waals surface area contributed by atoms with Crippen LogP contribution in [0.1, 0.15) is 18.4 Å². The second-order valence-electron chi connectivity index (χ2n) is 7.54. The summed E-state index contributed by atoms with van der Waals surface area (Å²) in [4.78, 5) is 40.2. The van der Waals surface area contributed by atoms with Gasteiger partial charge < -0.3 is 30.7 Å². The average Bonchev–Trinajstić information content (AvgIpc) is 2.81. The van der Waals surface area contributed by atoms with Crippen LogP contribution in [-0.4, -0.2) is 61.6 Å². The number of rotatable bonds is 9. The molecular weight excluding hydrogens is 445 g/mol. The van der Waals surface area contributed by atoms with Gasteiger partial charge in [0.2, 0.25) is 11.8 Å². The first-order valence-electron chi connectivity index (χ1n) is 10.6. The maximum Gasteiger partial charge on any atom is 0.253 e. The summed E-state index contributed by atoms with van der Waals surface area (Å²) in [6.07, 6.45) is -0.320. The number of carbonyl (C=O) groups excluding carboxylic acids is 3. The summed E-state index contributed by atoms with van der Waals surface area (Å²) in [6.45, 7) is 0.509. The molecule has 0 radical (unpaired) electrons. The summed E-state index contributed by atoms with van der Waals surface area (Å²) in [5.74, 6) is -2.25. The standard InChI is InChI=1S/C23H26FN5O5/c24-19-12-15(4-5-18(19)23(25)26)27-20(31)6-7-21(32)28(8-10-30)16-2-1-3-17(13-16)29-9-11-34-14-22(29)33/h1-5,12-13,30H,6-11,14H2,(H3,25,26)(H,27,31). The van der Waals surface area contributed by atoms with Crippen molar-refractivity contribution >= 4 is 40.6 Å². The van der Waals surface area contributed by atoms with E-state index in [4.69, 9.17) is 15.9 Å². The molecule has 2 aromatic rings. The molecule has 1 aliphatic rings. The van der Waals surface area contributed by atoms with Crippen LogP contribution in [0, 0.1) is 11.2 Å². The monoisotopic (exact) mass is 471 g/mol. The smallest absolute Gasteiger partial charge is 0.253 e. The predicted octanol–water partition coefficient (Wildman–Crippen LogP) is 1.22. The summed E-state index contributed by atoms with van der Waals surface area (Å²) in [5, 5.41) is 19.3. The van der Waals surface area contributed by atoms with E-state index in [1.54, 1.807) is 29.2 Å². The number of halogens is 1. The number of amides is 3. The number of amidine groups is 1. The van der Waals surface area contributed by atoms with Crippen molar-refractivity contribution in [1.82, 2.24) is 0 Å². The number of carbonyl (C=O) groups is 3. The average molecular weight is 471 g/mol. The molecule has 0 aromatic heterocycles. The van der Waals surface area contributed by atoms with Gasteiger partial charge in [-0.05, 0) is 36.4 Å². The van der Waals surface area contributed by atoms with Crippen LogP contribution in [0.25, 0.3) is 0 Å². The van der Waals surface area contributed by atoms with Gasteiger partial charge in [0.05, 0.1) is 18.8 Å². The Bertz CT molecular complexity index is 1090. The topological polar surface area (TPSA) is 149 Å². The van der Waals surface area contributed by atoms with Crippen molar-refractivity contribution in [2.45, 2.75) is 12.8 Å². The van der Waals surface area contributed by atoms with Gasteiger partial charge in [0, 0.05) is 43.0 Å². The number of aliphatic hydroxyl groups excluding tert-OH is 1. The molecule has 0 bridgehead atoms. The number of nitrogens with one attached hydrogen (secondary N) is 2. The second-order valence-corrected chi connectivity index (χ2v) is 7.54. The van der Waals surface area contributed by atoms with Crippen LogP contribution in [0.4, 0.5) is 21.5 Å². The minimum Gasteiger partial charge on any atom is -0.395 e. The number of nitrogens with zero attached hydrogens (tertiary/aromatic N) is 2. The zero-order valence-electron chi connectivity index (χ0n) is 18.4. The van der Waals surface area contributed by atoms with E-state index in [2.05, 4.69) is 5.32 Å². The maximum absolute atomic E-state index is 13.9. The molecule has 3 amide bonds. The third-order valence-electron chi connectivity index (χ3n) is 5.17. The Hall–Kier alpha value is -3.83. The van der Waals surface area contributed by atoms with Gasteiger partial charge in [0.1, 0.15) is 18.3 Å². The molecule has 0 atom stereocenters. The fourth-order valence-electron chi connectivity index (χ4n) is 3.51. The van der Waals surface area contributed by atoms with Crippen LogP contribution < -0.4 is 20.9 Å². The van der Waals surface area contributed by atoms with Crippen LogP contribution in [0.3, 0.4) is 0 Å². The molecule has 1 aliphatic heterocycles. The van der Waals surface area contributed by atoms with Crippen molar-refractivity contribution in [2.24, 2.45) is 5.73 Å². The van der Waals surface area contributed by atoms with Gasteiger partial charge in [0.25, 0.3) is 5.91 Å². The van der Waals surface area contributed by atoms with Crippen LogP contribution >= 0.6 is 0 Å². The Morgan fingerprint density at radius 1 is 1.24 bits per heavy atom. The normalized spacial score (nSPS) is 13.5. The molecule has 0 spiro atoms. The molecule has 0 unspecified atom stereocenters. The van der Waals surface area contributed by atoms with Crippen molar-refractivity contribution in [1.29, 1.82) is 5.41 Å². The minimum absolute atomic E-state index is 0.0126. The maximum atomic E-state index is 13.9. The van der Waals surface area contributed by atoms with Crippen molar-refractivity contribution in [3.8, 4) is 0 Å². The Morgan fingerprint density at radius 3 is 2.71 bits per heavy atom. The Kier molecular flexibility index (Phi) is 8.28. The van der Waals surface area contributed by atoms with E-state index in [1.165, 1.54) is 17.0 Å². The van der Waals surface area contributed by atoms with Crippen molar-refractivity contribution in [3.63, 3.8) is 0 Å². The SMILES string of the molecule is N=C(N)c1ccc(NC(=O)CCC(=O)N(CCO)c2cccc(N3CCOCC3=O)c2)cc1F. The van der Waals surface area contributed by atoms with Crippen molar-refractivity contribution in [3.05, 3.63) is 53.8 Å². The van der Waals surface area contributed by atoms with Gasteiger partial charge >= 0.3 is 0 Å². The molecule has 10 nitrogen and oxygen atoms in total. The van der Waals surface area contributed by atoms with Crippen LogP contribution in [0.2, 0.25) is 0 Å². The number of anilines is 3. The van der Waals surface area contributed by atoms with E-state index >= 15 is 0 Å². The van der Waals surface area contributed by atoms with Gasteiger partial charge in [-0.25, -0.2) is 4.39 Å². The molecule has 0 aliphatic carbocycles. The third kappa shape index (κ3) is 6.15. The van der Waals surface area contributed by atoms with Gasteiger partial charge in [-0.3, -0.25) is 19.8 Å². The lowest BCUT2D eigenvalue weighted by molar-refractivity contribution is -0.125. The summed E-state index contributed by atoms with van der Waals surface area (Å²) >= 11 is 0. The first-order chi connectivity index (χ1) is 16.3. The summed E-state index contributed by atoms with van der Waals surface area (Å²) in [5.41, 5.74) is 6.47. The molecule has 2 aromatic carbocycles. The Labute approximate surface area is 195 Å². The summed E-state index contributed by atoms with van der Waals surface area (Å²) in [7, 11) is 0. The number of hydrogen-bond donors (Lipinski definition) is 4. The molecule has 180 valence electrons. The van der Waals surface area contributed by atoms with Crippen LogP contribution in [0.5, 0.6) is 0 Å². The van der Waals surface area contributed by atoms with E-state index < -0.39 is 23.5 Å². The number of benzene rings is 2. The Balaban J connectivity index is 1.64. The lowest BCUT2D eigenvalue weighted by Crippen LogP contribution is -2.41. The summed E-state index contributed by atoms with van der Waals surface area (Å²) in [6, 6.07) is 10.6. The quantitative estimate of drug-likeness (QED) is 0.319. The third-order valence-corrected chi connectivity index (χ3v) is 5.17. The van der Waals surface area contributed by atoms with Gasteiger partial charge in [-0.1, -0.05) is 6.07 Å². The van der Waals surface area contributed by atoms with Crippen LogP contribution in [0.15, 0.2) is 42.5 Å². The van der Waals surface area contributed by atoms with E-state index in [9.17, 15) is 23.9 Å². The lowest BCUT2D eigenvalue weighted by atomic mass is 10.1. The lowest BCUT2D eigenvalue weighted by Gasteiger charge is -2.28. The van der Waals surface area contributed by atoms with E-state index in [0.29, 0.717) is 24.5 Å².